The van der Waals surface area contributed by atoms with Gasteiger partial charge in [-0.15, -0.1) is 0 Å². The van der Waals surface area contributed by atoms with E-state index in [2.05, 4.69) is 22.2 Å². The summed E-state index contributed by atoms with van der Waals surface area (Å²) in [5.74, 6) is 1.36. The zero-order valence-electron chi connectivity index (χ0n) is 9.07. The van der Waals surface area contributed by atoms with Crippen LogP contribution in [0.25, 0.3) is 0 Å². The van der Waals surface area contributed by atoms with Crippen LogP contribution in [0.4, 0.5) is 5.82 Å². The molecule has 84 valence electrons. The summed E-state index contributed by atoms with van der Waals surface area (Å²) in [6.45, 7) is 4.04. The minimum atomic E-state index is 0.478. The molecule has 5 nitrogen and oxygen atoms in total. The summed E-state index contributed by atoms with van der Waals surface area (Å²) in [6, 6.07) is 1.78. The Balaban J connectivity index is 2.42. The summed E-state index contributed by atoms with van der Waals surface area (Å²) in [4.78, 5) is 8.06. The van der Waals surface area contributed by atoms with Gasteiger partial charge in [-0.2, -0.15) is 0 Å². The predicted molar refractivity (Wildman–Crippen MR) is 60.0 cm³/mol. The van der Waals surface area contributed by atoms with E-state index in [0.717, 1.165) is 25.2 Å². The van der Waals surface area contributed by atoms with Crippen LogP contribution in [0.2, 0.25) is 0 Å². The molecule has 0 bridgehead atoms. The first-order valence-electron chi connectivity index (χ1n) is 5.25. The van der Waals surface area contributed by atoms with Crippen LogP contribution in [0.15, 0.2) is 12.4 Å². The molecule has 3 N–H and O–H groups in total. The van der Waals surface area contributed by atoms with E-state index in [-0.39, 0.29) is 0 Å². The van der Waals surface area contributed by atoms with Gasteiger partial charge in [-0.05, 0) is 6.42 Å². The van der Waals surface area contributed by atoms with Gasteiger partial charge in [0.2, 0.25) is 5.88 Å². The Bertz CT molecular complexity index is 280. The summed E-state index contributed by atoms with van der Waals surface area (Å²) in [7, 11) is 0. The zero-order chi connectivity index (χ0) is 10.9. The smallest absolute Gasteiger partial charge is 0.218 e. The van der Waals surface area contributed by atoms with Gasteiger partial charge < -0.3 is 15.8 Å². The summed E-state index contributed by atoms with van der Waals surface area (Å²) < 4.78 is 5.29. The highest BCUT2D eigenvalue weighted by atomic mass is 16.5. The van der Waals surface area contributed by atoms with Crippen molar-refractivity contribution in [2.75, 3.05) is 25.0 Å². The predicted octanol–water partition coefficient (Wildman–Crippen LogP) is 1.03. The van der Waals surface area contributed by atoms with Crippen LogP contribution in [0.5, 0.6) is 5.88 Å². The number of unbranched alkanes of at least 4 members (excludes halogenated alkanes) is 1. The van der Waals surface area contributed by atoms with Crippen molar-refractivity contribution >= 4 is 5.82 Å². The lowest BCUT2D eigenvalue weighted by molar-refractivity contribution is 0.315. The molecule has 0 saturated carbocycles. The number of anilines is 1. The fraction of sp³-hybridized carbons (Fsp3) is 0.600. The molecule has 1 rings (SSSR count). The molecule has 0 amide bonds. The molecule has 1 heterocycles. The van der Waals surface area contributed by atoms with Crippen molar-refractivity contribution in [1.82, 2.24) is 9.97 Å². The molecular weight excluding hydrogens is 192 g/mol. The van der Waals surface area contributed by atoms with E-state index >= 15 is 0 Å². The van der Waals surface area contributed by atoms with Crippen LogP contribution in [0.3, 0.4) is 0 Å². The second-order valence-corrected chi connectivity index (χ2v) is 3.16. The molecule has 5 heteroatoms. The standard InChI is InChI=1S/C10H18N4O/c1-2-3-5-12-9-7-10(14-8-13-9)15-6-4-11/h7-8H,2-6,11H2,1H3,(H,12,13,14). The van der Waals surface area contributed by atoms with E-state index in [9.17, 15) is 0 Å². The van der Waals surface area contributed by atoms with Gasteiger partial charge in [0.05, 0.1) is 0 Å². The van der Waals surface area contributed by atoms with Crippen LogP contribution >= 0.6 is 0 Å². The van der Waals surface area contributed by atoms with Gasteiger partial charge in [-0.3, -0.25) is 0 Å². The average Bonchev–Trinajstić information content (AvgIpc) is 2.27. The molecule has 0 radical (unpaired) electrons. The number of ether oxygens (including phenoxy) is 1. The van der Waals surface area contributed by atoms with E-state index in [4.69, 9.17) is 10.5 Å². The first-order valence-corrected chi connectivity index (χ1v) is 5.25. The quantitative estimate of drug-likeness (QED) is 0.657. The van der Waals surface area contributed by atoms with Crippen molar-refractivity contribution in [2.24, 2.45) is 5.73 Å². The fourth-order valence-corrected chi connectivity index (χ4v) is 1.07. The second kappa shape index (κ2) is 7.00. The Morgan fingerprint density at radius 2 is 2.33 bits per heavy atom. The normalized spacial score (nSPS) is 10.0. The second-order valence-electron chi connectivity index (χ2n) is 3.16. The number of nitrogens with zero attached hydrogens (tertiary/aromatic N) is 2. The van der Waals surface area contributed by atoms with Crippen molar-refractivity contribution in [2.45, 2.75) is 19.8 Å². The van der Waals surface area contributed by atoms with E-state index in [1.54, 1.807) is 6.07 Å². The van der Waals surface area contributed by atoms with Crippen LogP contribution in [-0.4, -0.2) is 29.7 Å². The molecule has 0 saturated heterocycles. The minimum Gasteiger partial charge on any atom is -0.476 e. The monoisotopic (exact) mass is 210 g/mol. The van der Waals surface area contributed by atoms with Gasteiger partial charge in [0, 0.05) is 19.2 Å². The molecule has 0 unspecified atom stereocenters. The van der Waals surface area contributed by atoms with Crippen LogP contribution < -0.4 is 15.8 Å². The maximum Gasteiger partial charge on any atom is 0.218 e. The third-order valence-corrected chi connectivity index (χ3v) is 1.85. The van der Waals surface area contributed by atoms with Crippen molar-refractivity contribution in [3.8, 4) is 5.88 Å². The summed E-state index contributed by atoms with van der Waals surface area (Å²) >= 11 is 0. The molecule has 0 fully saturated rings. The number of hydrogen-bond donors (Lipinski definition) is 2. The number of aromatic nitrogens is 2. The molecule has 0 aliphatic rings. The van der Waals surface area contributed by atoms with E-state index in [1.165, 1.54) is 6.33 Å². The van der Waals surface area contributed by atoms with Gasteiger partial charge in [0.25, 0.3) is 0 Å². The number of nitrogens with two attached hydrogens (primary N) is 1. The third kappa shape index (κ3) is 4.60. The molecular formula is C10H18N4O. The summed E-state index contributed by atoms with van der Waals surface area (Å²) in [5.41, 5.74) is 5.33. The molecule has 1 aromatic rings. The zero-order valence-corrected chi connectivity index (χ0v) is 9.07. The SMILES string of the molecule is CCCCNc1cc(OCCN)ncn1. The van der Waals surface area contributed by atoms with Crippen LogP contribution in [0, 0.1) is 0 Å². The van der Waals surface area contributed by atoms with Gasteiger partial charge in [0.15, 0.2) is 0 Å². The molecule has 0 spiro atoms. The Hall–Kier alpha value is -1.36. The fourth-order valence-electron chi connectivity index (χ4n) is 1.07. The van der Waals surface area contributed by atoms with Gasteiger partial charge in [0.1, 0.15) is 18.8 Å². The molecule has 0 atom stereocenters. The van der Waals surface area contributed by atoms with Gasteiger partial charge >= 0.3 is 0 Å². The Labute approximate surface area is 90.1 Å². The molecule has 0 aromatic carbocycles. The van der Waals surface area contributed by atoms with E-state index in [0.29, 0.717) is 19.0 Å². The number of nitrogens with one attached hydrogen (secondary N) is 1. The Kier molecular flexibility index (Phi) is 5.47. The van der Waals surface area contributed by atoms with Crippen molar-refractivity contribution in [3.63, 3.8) is 0 Å². The Morgan fingerprint density at radius 3 is 3.07 bits per heavy atom. The molecule has 0 aliphatic heterocycles. The minimum absolute atomic E-state index is 0.478. The maximum atomic E-state index is 5.33. The van der Waals surface area contributed by atoms with E-state index < -0.39 is 0 Å². The maximum absolute atomic E-state index is 5.33. The number of hydrogen-bond acceptors (Lipinski definition) is 5. The van der Waals surface area contributed by atoms with Gasteiger partial charge in [-0.25, -0.2) is 9.97 Å². The lowest BCUT2D eigenvalue weighted by atomic mass is 10.3. The topological polar surface area (TPSA) is 73.1 Å². The van der Waals surface area contributed by atoms with Crippen molar-refractivity contribution in [3.05, 3.63) is 12.4 Å². The van der Waals surface area contributed by atoms with Crippen molar-refractivity contribution in [1.29, 1.82) is 0 Å². The highest BCUT2D eigenvalue weighted by Crippen LogP contribution is 2.10. The first kappa shape index (κ1) is 11.7. The van der Waals surface area contributed by atoms with Crippen LogP contribution in [-0.2, 0) is 0 Å². The lowest BCUT2D eigenvalue weighted by Gasteiger charge is -2.06. The highest BCUT2D eigenvalue weighted by Gasteiger charge is 1.98. The number of rotatable bonds is 7. The summed E-state index contributed by atoms with van der Waals surface area (Å²) in [6.07, 6.45) is 3.78. The highest BCUT2D eigenvalue weighted by molar-refractivity contribution is 5.36. The molecule has 15 heavy (non-hydrogen) atoms. The molecule has 1 aromatic heterocycles. The van der Waals surface area contributed by atoms with Crippen LogP contribution in [0.1, 0.15) is 19.8 Å². The largest absolute Gasteiger partial charge is 0.476 e. The van der Waals surface area contributed by atoms with Crippen molar-refractivity contribution < 1.29 is 4.74 Å². The molecule has 0 aliphatic carbocycles. The summed E-state index contributed by atoms with van der Waals surface area (Å²) in [5, 5.41) is 3.20. The average molecular weight is 210 g/mol. The van der Waals surface area contributed by atoms with Gasteiger partial charge in [-0.1, -0.05) is 13.3 Å². The lowest BCUT2D eigenvalue weighted by Crippen LogP contribution is -2.11. The Morgan fingerprint density at radius 1 is 1.47 bits per heavy atom. The third-order valence-electron chi connectivity index (χ3n) is 1.85. The first-order chi connectivity index (χ1) is 7.36. The van der Waals surface area contributed by atoms with E-state index in [1.807, 2.05) is 0 Å².